The van der Waals surface area contributed by atoms with E-state index in [2.05, 4.69) is 15.4 Å². The molecule has 0 saturated heterocycles. The molecule has 0 aliphatic heterocycles. The number of fused-ring (bicyclic) bond motifs is 2. The maximum atomic E-state index is 12.9. The van der Waals surface area contributed by atoms with E-state index in [1.807, 2.05) is 13.8 Å². The second-order valence-electron chi connectivity index (χ2n) is 6.18. The van der Waals surface area contributed by atoms with Gasteiger partial charge in [-0.3, -0.25) is 9.48 Å². The van der Waals surface area contributed by atoms with Crippen LogP contribution in [-0.2, 0) is 7.05 Å². The highest BCUT2D eigenvalue weighted by atomic mass is 16.4. The molecule has 0 bridgehead atoms. The average Bonchev–Trinajstić information content (AvgIpc) is 2.88. The van der Waals surface area contributed by atoms with Crippen LogP contribution in [0.1, 0.15) is 21.7 Å². The van der Waals surface area contributed by atoms with Gasteiger partial charge in [0, 0.05) is 29.9 Å². The Hall–Kier alpha value is -3.48. The molecule has 0 atom stereocenters. The Kier molecular flexibility index (Phi) is 3.57. The molecule has 0 aliphatic rings. The predicted octanol–water partition coefficient (Wildman–Crippen LogP) is 2.94. The van der Waals surface area contributed by atoms with E-state index in [1.54, 1.807) is 42.1 Å². The summed E-state index contributed by atoms with van der Waals surface area (Å²) in [6, 6.07) is 9.89. The molecule has 1 N–H and O–H groups in total. The summed E-state index contributed by atoms with van der Waals surface area (Å²) in [5.74, 6) is -0.242. The zero-order valence-corrected chi connectivity index (χ0v) is 14.5. The van der Waals surface area contributed by atoms with Crippen molar-refractivity contribution >= 4 is 33.6 Å². The van der Waals surface area contributed by atoms with E-state index in [0.717, 1.165) is 22.2 Å². The third kappa shape index (κ3) is 2.63. The predicted molar refractivity (Wildman–Crippen MR) is 98.4 cm³/mol. The molecule has 0 fully saturated rings. The Balaban J connectivity index is 1.76. The summed E-state index contributed by atoms with van der Waals surface area (Å²) in [5.41, 5.74) is 3.37. The van der Waals surface area contributed by atoms with E-state index in [4.69, 9.17) is 4.42 Å². The fourth-order valence-corrected chi connectivity index (χ4v) is 3.10. The molecule has 4 rings (SSSR count). The molecule has 0 aliphatic carbocycles. The number of anilines is 1. The Morgan fingerprint density at radius 3 is 2.77 bits per heavy atom. The lowest BCUT2D eigenvalue weighted by molar-refractivity contribution is 0.102. The van der Waals surface area contributed by atoms with E-state index in [0.29, 0.717) is 22.5 Å². The quantitative estimate of drug-likeness (QED) is 0.563. The van der Waals surface area contributed by atoms with Crippen molar-refractivity contribution in [3.05, 3.63) is 63.8 Å². The molecular formula is C19H16N4O3. The van der Waals surface area contributed by atoms with Gasteiger partial charge in [0.25, 0.3) is 5.91 Å². The largest absolute Gasteiger partial charge is 0.423 e. The van der Waals surface area contributed by atoms with Crippen LogP contribution >= 0.6 is 0 Å². The average molecular weight is 348 g/mol. The van der Waals surface area contributed by atoms with Crippen LogP contribution in [0.5, 0.6) is 0 Å². The van der Waals surface area contributed by atoms with Crippen LogP contribution in [0.15, 0.2) is 45.6 Å². The number of carbonyl (C=O) groups is 1. The summed E-state index contributed by atoms with van der Waals surface area (Å²) in [6.07, 6.45) is 0. The molecule has 3 heterocycles. The minimum absolute atomic E-state index is 0.242. The number of pyridine rings is 1. The van der Waals surface area contributed by atoms with Gasteiger partial charge in [0.1, 0.15) is 5.58 Å². The first-order valence-electron chi connectivity index (χ1n) is 8.08. The normalized spacial score (nSPS) is 11.2. The van der Waals surface area contributed by atoms with Gasteiger partial charge in [-0.25, -0.2) is 9.78 Å². The molecule has 4 aromatic rings. The smallest absolute Gasteiger partial charge is 0.336 e. The number of hydrogen-bond donors (Lipinski definition) is 1. The van der Waals surface area contributed by atoms with Gasteiger partial charge in [-0.15, -0.1) is 0 Å². The van der Waals surface area contributed by atoms with Crippen LogP contribution in [0.3, 0.4) is 0 Å². The van der Waals surface area contributed by atoms with Crippen LogP contribution in [0.25, 0.3) is 22.0 Å². The summed E-state index contributed by atoms with van der Waals surface area (Å²) in [4.78, 5) is 28.6. The number of aromatic nitrogens is 3. The van der Waals surface area contributed by atoms with Gasteiger partial charge in [0.15, 0.2) is 5.65 Å². The van der Waals surface area contributed by atoms with E-state index < -0.39 is 5.63 Å². The van der Waals surface area contributed by atoms with Crippen molar-refractivity contribution in [3.63, 3.8) is 0 Å². The molecule has 1 amide bonds. The number of nitrogens with zero attached hydrogens (tertiary/aromatic N) is 3. The van der Waals surface area contributed by atoms with E-state index in [1.165, 1.54) is 6.07 Å². The van der Waals surface area contributed by atoms with Crippen LogP contribution in [0, 0.1) is 13.8 Å². The standard InChI is InChI=1S/C19H16N4O3/c1-10-8-14(17-11(2)22-23(3)18(17)20-10)19(25)21-13-5-6-15-12(9-13)4-7-16(24)26-15/h4-9H,1-3H3,(H,21,25). The third-order valence-electron chi connectivity index (χ3n) is 4.22. The monoisotopic (exact) mass is 348 g/mol. The second kappa shape index (κ2) is 5.80. The minimum Gasteiger partial charge on any atom is -0.423 e. The number of carbonyl (C=O) groups excluding carboxylic acids is 1. The van der Waals surface area contributed by atoms with Gasteiger partial charge in [-0.2, -0.15) is 5.10 Å². The van der Waals surface area contributed by atoms with Crippen LogP contribution in [-0.4, -0.2) is 20.7 Å². The van der Waals surface area contributed by atoms with E-state index in [9.17, 15) is 9.59 Å². The zero-order chi connectivity index (χ0) is 18.4. The maximum absolute atomic E-state index is 12.9. The highest BCUT2D eigenvalue weighted by Crippen LogP contribution is 2.24. The number of benzene rings is 1. The van der Waals surface area contributed by atoms with Crippen LogP contribution in [0.2, 0.25) is 0 Å². The fraction of sp³-hybridized carbons (Fsp3) is 0.158. The Labute approximate surface area is 148 Å². The van der Waals surface area contributed by atoms with Crippen molar-refractivity contribution in [1.82, 2.24) is 14.8 Å². The lowest BCUT2D eigenvalue weighted by atomic mass is 10.1. The molecule has 0 unspecified atom stereocenters. The Morgan fingerprint density at radius 1 is 1.15 bits per heavy atom. The molecule has 0 spiro atoms. The lowest BCUT2D eigenvalue weighted by Crippen LogP contribution is -2.13. The van der Waals surface area contributed by atoms with Crippen molar-refractivity contribution in [1.29, 1.82) is 0 Å². The molecule has 7 heteroatoms. The van der Waals surface area contributed by atoms with E-state index in [-0.39, 0.29) is 5.91 Å². The van der Waals surface area contributed by atoms with Crippen molar-refractivity contribution in [2.45, 2.75) is 13.8 Å². The van der Waals surface area contributed by atoms with Gasteiger partial charge < -0.3 is 9.73 Å². The molecular weight excluding hydrogens is 332 g/mol. The summed E-state index contributed by atoms with van der Waals surface area (Å²) in [5, 5.41) is 8.73. The topological polar surface area (TPSA) is 90.0 Å². The Bertz CT molecular complexity index is 1240. The maximum Gasteiger partial charge on any atom is 0.336 e. The number of amides is 1. The van der Waals surface area contributed by atoms with Crippen LogP contribution in [0.4, 0.5) is 5.69 Å². The SMILES string of the molecule is Cc1cc(C(=O)Nc2ccc3oc(=O)ccc3c2)c2c(C)nn(C)c2n1. The first-order valence-corrected chi connectivity index (χ1v) is 8.08. The summed E-state index contributed by atoms with van der Waals surface area (Å²) < 4.78 is 6.78. The zero-order valence-electron chi connectivity index (χ0n) is 14.5. The first kappa shape index (κ1) is 16.0. The highest BCUT2D eigenvalue weighted by Gasteiger charge is 2.18. The van der Waals surface area contributed by atoms with Gasteiger partial charge >= 0.3 is 5.63 Å². The molecule has 7 nitrogen and oxygen atoms in total. The van der Waals surface area contributed by atoms with Gasteiger partial charge in [-0.1, -0.05) is 0 Å². The van der Waals surface area contributed by atoms with Gasteiger partial charge in [0.2, 0.25) is 0 Å². The van der Waals surface area contributed by atoms with Gasteiger partial charge in [0.05, 0.1) is 16.6 Å². The van der Waals surface area contributed by atoms with Crippen LogP contribution < -0.4 is 10.9 Å². The van der Waals surface area contributed by atoms with Crippen molar-refractivity contribution < 1.29 is 9.21 Å². The van der Waals surface area contributed by atoms with E-state index >= 15 is 0 Å². The first-order chi connectivity index (χ1) is 12.4. The third-order valence-corrected chi connectivity index (χ3v) is 4.22. The number of aryl methyl sites for hydroxylation is 3. The molecule has 1 aromatic carbocycles. The second-order valence-corrected chi connectivity index (χ2v) is 6.18. The lowest BCUT2D eigenvalue weighted by Gasteiger charge is -2.08. The molecule has 26 heavy (non-hydrogen) atoms. The number of hydrogen-bond acceptors (Lipinski definition) is 5. The number of rotatable bonds is 2. The molecule has 3 aromatic heterocycles. The molecule has 130 valence electrons. The summed E-state index contributed by atoms with van der Waals surface area (Å²) in [6.45, 7) is 3.70. The molecule has 0 saturated carbocycles. The molecule has 0 radical (unpaired) electrons. The van der Waals surface area contributed by atoms with Crippen molar-refractivity contribution in [2.75, 3.05) is 5.32 Å². The summed E-state index contributed by atoms with van der Waals surface area (Å²) >= 11 is 0. The minimum atomic E-state index is -0.406. The fourth-order valence-electron chi connectivity index (χ4n) is 3.10. The van der Waals surface area contributed by atoms with Gasteiger partial charge in [-0.05, 0) is 44.2 Å². The Morgan fingerprint density at radius 2 is 1.96 bits per heavy atom. The highest BCUT2D eigenvalue weighted by molar-refractivity contribution is 6.13. The number of nitrogens with one attached hydrogen (secondary N) is 1. The van der Waals surface area contributed by atoms with Crippen molar-refractivity contribution in [3.8, 4) is 0 Å². The summed E-state index contributed by atoms with van der Waals surface area (Å²) in [7, 11) is 1.81. The van der Waals surface area contributed by atoms with Crippen molar-refractivity contribution in [2.24, 2.45) is 7.05 Å².